The van der Waals surface area contributed by atoms with Crippen molar-refractivity contribution in [2.24, 2.45) is 0 Å². The van der Waals surface area contributed by atoms with Gasteiger partial charge in [-0.3, -0.25) is 4.79 Å². The van der Waals surface area contributed by atoms with Gasteiger partial charge in [0.05, 0.1) is 33.0 Å². The van der Waals surface area contributed by atoms with Crippen LogP contribution in [0.3, 0.4) is 0 Å². The molecule has 1 amide bonds. The smallest absolute Gasteiger partial charge is 0.254 e. The first-order valence-corrected chi connectivity index (χ1v) is 7.87. The quantitative estimate of drug-likeness (QED) is 0.823. The van der Waals surface area contributed by atoms with Crippen LogP contribution < -0.4 is 4.74 Å². The van der Waals surface area contributed by atoms with Crippen molar-refractivity contribution in [1.82, 2.24) is 4.90 Å². The van der Waals surface area contributed by atoms with Crippen LogP contribution in [0.15, 0.2) is 18.2 Å². The monoisotopic (exact) mass is 323 g/mol. The summed E-state index contributed by atoms with van der Waals surface area (Å²) in [5.74, 6) is 0.632. The molecule has 1 aromatic carbocycles. The number of likely N-dealkylation sites (tertiary alicyclic amines) is 1. The van der Waals surface area contributed by atoms with E-state index in [1.54, 1.807) is 31.3 Å². The van der Waals surface area contributed by atoms with Crippen molar-refractivity contribution < 1.29 is 24.1 Å². The molecule has 1 fully saturated rings. The summed E-state index contributed by atoms with van der Waals surface area (Å²) in [4.78, 5) is 14.5. The van der Waals surface area contributed by atoms with E-state index in [4.69, 9.17) is 19.3 Å². The van der Waals surface area contributed by atoms with Gasteiger partial charge in [-0.25, -0.2) is 0 Å². The molecule has 2 rings (SSSR count). The Morgan fingerprint density at radius 1 is 1.39 bits per heavy atom. The van der Waals surface area contributed by atoms with E-state index in [-0.39, 0.29) is 18.6 Å². The van der Waals surface area contributed by atoms with Gasteiger partial charge >= 0.3 is 0 Å². The number of hydrogen-bond acceptors (Lipinski definition) is 5. The van der Waals surface area contributed by atoms with E-state index in [0.717, 1.165) is 24.9 Å². The van der Waals surface area contributed by atoms with E-state index in [1.165, 1.54) is 0 Å². The Labute approximate surface area is 136 Å². The molecule has 128 valence electrons. The van der Waals surface area contributed by atoms with Gasteiger partial charge in [0, 0.05) is 31.3 Å². The van der Waals surface area contributed by atoms with Gasteiger partial charge in [0.2, 0.25) is 0 Å². The molecule has 1 aliphatic heterocycles. The van der Waals surface area contributed by atoms with E-state index >= 15 is 0 Å². The predicted octanol–water partition coefficient (Wildman–Crippen LogP) is 1.46. The molecule has 1 atom stereocenters. The molecule has 1 aromatic rings. The molecular formula is C17H25NO5. The second-order valence-electron chi connectivity index (χ2n) is 5.57. The fourth-order valence-electron chi connectivity index (χ4n) is 2.81. The van der Waals surface area contributed by atoms with Crippen molar-refractivity contribution >= 4 is 5.91 Å². The molecule has 1 N–H and O–H groups in total. The van der Waals surface area contributed by atoms with E-state index < -0.39 is 0 Å². The van der Waals surface area contributed by atoms with E-state index in [2.05, 4.69) is 0 Å². The van der Waals surface area contributed by atoms with Gasteiger partial charge in [-0.1, -0.05) is 6.07 Å². The van der Waals surface area contributed by atoms with Crippen molar-refractivity contribution in [2.75, 3.05) is 40.5 Å². The van der Waals surface area contributed by atoms with Crippen LogP contribution in [0.4, 0.5) is 0 Å². The summed E-state index contributed by atoms with van der Waals surface area (Å²) in [5, 5.41) is 8.85. The Hall–Kier alpha value is -1.63. The van der Waals surface area contributed by atoms with Gasteiger partial charge in [0.15, 0.2) is 0 Å². The highest BCUT2D eigenvalue weighted by Crippen LogP contribution is 2.23. The average Bonchev–Trinajstić information content (AvgIpc) is 2.60. The minimum absolute atomic E-state index is 0.00259. The highest BCUT2D eigenvalue weighted by atomic mass is 16.5. The topological polar surface area (TPSA) is 68.2 Å². The summed E-state index contributed by atoms with van der Waals surface area (Å²) in [6, 6.07) is 5.42. The number of rotatable bonds is 7. The summed E-state index contributed by atoms with van der Waals surface area (Å²) in [6.45, 7) is 2.04. The minimum atomic E-state index is -0.0236. The molecule has 1 heterocycles. The molecule has 0 bridgehead atoms. The maximum Gasteiger partial charge on any atom is 0.254 e. The highest BCUT2D eigenvalue weighted by molar-refractivity contribution is 5.94. The van der Waals surface area contributed by atoms with Crippen molar-refractivity contribution in [2.45, 2.75) is 25.6 Å². The Balaban J connectivity index is 2.07. The molecule has 1 aliphatic rings. The van der Waals surface area contributed by atoms with Gasteiger partial charge in [0.25, 0.3) is 5.91 Å². The third kappa shape index (κ3) is 4.67. The number of carbonyl (C=O) groups excluding carboxylic acids is 1. The Morgan fingerprint density at radius 2 is 2.22 bits per heavy atom. The van der Waals surface area contributed by atoms with Crippen molar-refractivity contribution in [3.8, 4) is 5.75 Å². The maximum atomic E-state index is 12.7. The fourth-order valence-corrected chi connectivity index (χ4v) is 2.81. The second kappa shape index (κ2) is 8.86. The number of methoxy groups -OCH3 is 2. The molecule has 0 radical (unpaired) electrons. The van der Waals surface area contributed by atoms with Gasteiger partial charge < -0.3 is 24.2 Å². The molecule has 0 unspecified atom stereocenters. The van der Waals surface area contributed by atoms with Crippen LogP contribution in [-0.4, -0.2) is 62.5 Å². The minimum Gasteiger partial charge on any atom is -0.496 e. The number of aliphatic hydroxyl groups is 1. The number of ether oxygens (including phenoxy) is 3. The third-order valence-corrected chi connectivity index (χ3v) is 3.94. The van der Waals surface area contributed by atoms with Crippen LogP contribution in [0, 0.1) is 0 Å². The number of piperidine rings is 1. The summed E-state index contributed by atoms with van der Waals surface area (Å²) < 4.78 is 16.0. The van der Waals surface area contributed by atoms with Crippen molar-refractivity contribution in [1.29, 1.82) is 0 Å². The van der Waals surface area contributed by atoms with Crippen LogP contribution in [-0.2, 0) is 16.1 Å². The van der Waals surface area contributed by atoms with Crippen LogP contribution in [0.2, 0.25) is 0 Å². The zero-order valence-electron chi connectivity index (χ0n) is 13.8. The standard InChI is InChI=1S/C17H25NO5/c1-21-12-14-6-5-13(10-16(14)22-2)17(20)18-7-3-4-15(11-18)23-9-8-19/h5-6,10,15,19H,3-4,7-9,11-12H2,1-2H3/t15-/m0/s1. The molecule has 0 aliphatic carbocycles. The predicted molar refractivity (Wildman–Crippen MR) is 85.7 cm³/mol. The summed E-state index contributed by atoms with van der Waals surface area (Å²) in [7, 11) is 3.21. The van der Waals surface area contributed by atoms with Crippen LogP contribution in [0.1, 0.15) is 28.8 Å². The number of benzene rings is 1. The fraction of sp³-hybridized carbons (Fsp3) is 0.588. The first kappa shape index (κ1) is 17.7. The van der Waals surface area contributed by atoms with Gasteiger partial charge in [0.1, 0.15) is 5.75 Å². The Kier molecular flexibility index (Phi) is 6.83. The Morgan fingerprint density at radius 3 is 2.91 bits per heavy atom. The largest absolute Gasteiger partial charge is 0.496 e. The van der Waals surface area contributed by atoms with Gasteiger partial charge in [-0.2, -0.15) is 0 Å². The van der Waals surface area contributed by atoms with Crippen molar-refractivity contribution in [3.05, 3.63) is 29.3 Å². The lowest BCUT2D eigenvalue weighted by Gasteiger charge is -2.32. The van der Waals surface area contributed by atoms with Gasteiger partial charge in [-0.05, 0) is 25.0 Å². The lowest BCUT2D eigenvalue weighted by Crippen LogP contribution is -2.43. The van der Waals surface area contributed by atoms with Crippen molar-refractivity contribution in [3.63, 3.8) is 0 Å². The zero-order valence-corrected chi connectivity index (χ0v) is 13.8. The van der Waals surface area contributed by atoms with Crippen LogP contribution >= 0.6 is 0 Å². The number of aliphatic hydroxyl groups excluding tert-OH is 1. The van der Waals surface area contributed by atoms with E-state index in [0.29, 0.717) is 31.1 Å². The number of nitrogens with zero attached hydrogens (tertiary/aromatic N) is 1. The second-order valence-corrected chi connectivity index (χ2v) is 5.57. The molecule has 0 saturated carbocycles. The van der Waals surface area contributed by atoms with Crippen LogP contribution in [0.5, 0.6) is 5.75 Å². The first-order chi connectivity index (χ1) is 11.2. The summed E-state index contributed by atoms with van der Waals surface area (Å²) in [5.41, 5.74) is 1.51. The van der Waals surface area contributed by atoms with E-state index in [1.807, 2.05) is 6.07 Å². The zero-order chi connectivity index (χ0) is 16.7. The molecule has 6 nitrogen and oxygen atoms in total. The van der Waals surface area contributed by atoms with E-state index in [9.17, 15) is 4.79 Å². The molecule has 6 heteroatoms. The van der Waals surface area contributed by atoms with Gasteiger partial charge in [-0.15, -0.1) is 0 Å². The third-order valence-electron chi connectivity index (χ3n) is 3.94. The molecule has 0 aromatic heterocycles. The SMILES string of the molecule is COCc1ccc(C(=O)N2CCC[C@H](OCCO)C2)cc1OC. The lowest BCUT2D eigenvalue weighted by molar-refractivity contribution is -0.0110. The number of carbonyl (C=O) groups is 1. The number of amides is 1. The van der Waals surface area contributed by atoms with Crippen LogP contribution in [0.25, 0.3) is 0 Å². The molecule has 0 spiro atoms. The lowest BCUT2D eigenvalue weighted by atomic mass is 10.1. The molecule has 1 saturated heterocycles. The molecular weight excluding hydrogens is 298 g/mol. The first-order valence-electron chi connectivity index (χ1n) is 7.87. The normalized spacial score (nSPS) is 18.0. The Bertz CT molecular complexity index is 520. The maximum absolute atomic E-state index is 12.7. The molecule has 23 heavy (non-hydrogen) atoms. The number of hydrogen-bond donors (Lipinski definition) is 1. The summed E-state index contributed by atoms with van der Waals surface area (Å²) >= 11 is 0. The summed E-state index contributed by atoms with van der Waals surface area (Å²) in [6.07, 6.45) is 1.81. The highest BCUT2D eigenvalue weighted by Gasteiger charge is 2.25. The average molecular weight is 323 g/mol.